The van der Waals surface area contributed by atoms with Gasteiger partial charge in [-0.15, -0.1) is 11.8 Å². The van der Waals surface area contributed by atoms with Crippen LogP contribution in [0.25, 0.3) is 0 Å². The van der Waals surface area contributed by atoms with Gasteiger partial charge in [0.2, 0.25) is 0 Å². The lowest BCUT2D eigenvalue weighted by molar-refractivity contribution is -0.193. The summed E-state index contributed by atoms with van der Waals surface area (Å²) in [7, 11) is 1.31. The minimum absolute atomic E-state index is 0.0797. The molecule has 0 radical (unpaired) electrons. The van der Waals surface area contributed by atoms with Gasteiger partial charge in [-0.1, -0.05) is 12.1 Å². The smallest absolute Gasteiger partial charge is 0.340 e. The van der Waals surface area contributed by atoms with Crippen molar-refractivity contribution in [2.24, 2.45) is 5.73 Å². The standard InChI is InChI=1S/C13H17F3N2OS/c1-12(17,13(14,15)16)11(19)18(2)8-9-4-6-10(20-3)7-5-9/h4-7H,8,17H2,1-3H3. The van der Waals surface area contributed by atoms with Gasteiger partial charge in [0, 0.05) is 18.5 Å². The lowest BCUT2D eigenvalue weighted by Crippen LogP contribution is -2.61. The van der Waals surface area contributed by atoms with Crippen molar-refractivity contribution >= 4 is 17.7 Å². The zero-order valence-corrected chi connectivity index (χ0v) is 12.3. The average Bonchev–Trinajstić information content (AvgIpc) is 2.37. The molecule has 1 aromatic carbocycles. The van der Waals surface area contributed by atoms with E-state index in [0.29, 0.717) is 6.92 Å². The number of halogens is 3. The third-order valence-corrected chi connectivity index (χ3v) is 3.70. The molecule has 0 aliphatic heterocycles. The molecule has 0 spiro atoms. The number of benzene rings is 1. The van der Waals surface area contributed by atoms with E-state index in [-0.39, 0.29) is 6.54 Å². The Labute approximate surface area is 120 Å². The maximum atomic E-state index is 12.7. The molecular weight excluding hydrogens is 289 g/mol. The molecule has 0 aliphatic carbocycles. The Bertz CT molecular complexity index is 471. The average molecular weight is 306 g/mol. The zero-order chi connectivity index (χ0) is 15.6. The summed E-state index contributed by atoms with van der Waals surface area (Å²) in [5.41, 5.74) is 2.99. The van der Waals surface area contributed by atoms with Gasteiger partial charge in [0.15, 0.2) is 5.54 Å². The topological polar surface area (TPSA) is 46.3 Å². The molecule has 0 fully saturated rings. The molecule has 0 saturated heterocycles. The van der Waals surface area contributed by atoms with Crippen LogP contribution in [0.15, 0.2) is 29.2 Å². The number of likely N-dealkylation sites (N-methyl/N-ethyl adjacent to an activating group) is 1. The van der Waals surface area contributed by atoms with Crippen LogP contribution in [0.1, 0.15) is 12.5 Å². The molecule has 20 heavy (non-hydrogen) atoms. The second-order valence-electron chi connectivity index (χ2n) is 4.71. The van der Waals surface area contributed by atoms with Crippen LogP contribution in [0.4, 0.5) is 13.2 Å². The molecule has 0 heterocycles. The highest BCUT2D eigenvalue weighted by atomic mass is 32.2. The van der Waals surface area contributed by atoms with E-state index < -0.39 is 17.6 Å². The van der Waals surface area contributed by atoms with E-state index in [1.165, 1.54) is 7.05 Å². The molecule has 2 N–H and O–H groups in total. The molecule has 0 aromatic heterocycles. The number of nitrogens with two attached hydrogens (primary N) is 1. The van der Waals surface area contributed by atoms with Crippen molar-refractivity contribution < 1.29 is 18.0 Å². The summed E-state index contributed by atoms with van der Waals surface area (Å²) in [6.45, 7) is 0.763. The third kappa shape index (κ3) is 3.67. The number of amides is 1. The molecule has 0 saturated carbocycles. The van der Waals surface area contributed by atoms with Crippen LogP contribution in [0.2, 0.25) is 0 Å². The van der Waals surface area contributed by atoms with Crippen LogP contribution in [0.3, 0.4) is 0 Å². The zero-order valence-electron chi connectivity index (χ0n) is 11.5. The summed E-state index contributed by atoms with van der Waals surface area (Å²) in [6, 6.07) is 7.25. The van der Waals surface area contributed by atoms with E-state index in [2.05, 4.69) is 0 Å². The molecule has 112 valence electrons. The van der Waals surface area contributed by atoms with Crippen molar-refractivity contribution in [2.45, 2.75) is 30.1 Å². The van der Waals surface area contributed by atoms with Gasteiger partial charge < -0.3 is 10.6 Å². The predicted octanol–water partition coefficient (Wildman–Crippen LogP) is 2.65. The Hall–Kier alpha value is -1.21. The molecule has 0 bridgehead atoms. The molecule has 1 aromatic rings. The van der Waals surface area contributed by atoms with Gasteiger partial charge in [0.05, 0.1) is 0 Å². The van der Waals surface area contributed by atoms with Crippen molar-refractivity contribution in [3.8, 4) is 0 Å². The minimum Gasteiger partial charge on any atom is -0.340 e. The number of nitrogens with zero attached hydrogens (tertiary/aromatic N) is 1. The van der Waals surface area contributed by atoms with Crippen molar-refractivity contribution in [1.29, 1.82) is 0 Å². The number of carbonyl (C=O) groups excluding carboxylic acids is 1. The van der Waals surface area contributed by atoms with Gasteiger partial charge in [-0.25, -0.2) is 0 Å². The number of hydrogen-bond donors (Lipinski definition) is 1. The number of hydrogen-bond acceptors (Lipinski definition) is 3. The highest BCUT2D eigenvalue weighted by Crippen LogP contribution is 2.29. The van der Waals surface area contributed by atoms with E-state index in [4.69, 9.17) is 5.73 Å². The van der Waals surface area contributed by atoms with E-state index in [1.54, 1.807) is 23.9 Å². The monoisotopic (exact) mass is 306 g/mol. The summed E-state index contributed by atoms with van der Waals surface area (Å²) in [5.74, 6) is -1.15. The number of rotatable bonds is 4. The molecular formula is C13H17F3N2OS. The molecule has 1 unspecified atom stereocenters. The van der Waals surface area contributed by atoms with Gasteiger partial charge >= 0.3 is 6.18 Å². The molecule has 1 atom stereocenters. The van der Waals surface area contributed by atoms with Gasteiger partial charge in [-0.2, -0.15) is 13.2 Å². The Morgan fingerprint density at radius 3 is 2.20 bits per heavy atom. The number of thioether (sulfide) groups is 1. The second-order valence-corrected chi connectivity index (χ2v) is 5.59. The molecule has 3 nitrogen and oxygen atoms in total. The maximum absolute atomic E-state index is 12.7. The van der Waals surface area contributed by atoms with Crippen molar-refractivity contribution in [3.05, 3.63) is 29.8 Å². The molecule has 1 amide bonds. The van der Waals surface area contributed by atoms with E-state index in [9.17, 15) is 18.0 Å². The molecule has 1 rings (SSSR count). The van der Waals surface area contributed by atoms with Crippen LogP contribution >= 0.6 is 11.8 Å². The summed E-state index contributed by atoms with van der Waals surface area (Å²) in [6.07, 6.45) is -2.85. The Kier molecular flexibility index (Phi) is 5.10. The van der Waals surface area contributed by atoms with E-state index in [0.717, 1.165) is 15.4 Å². The predicted molar refractivity (Wildman–Crippen MR) is 73.3 cm³/mol. The normalized spacial score (nSPS) is 14.8. The molecule has 7 heteroatoms. The first-order valence-corrected chi connectivity index (χ1v) is 7.06. The minimum atomic E-state index is -4.78. The second kappa shape index (κ2) is 6.05. The van der Waals surface area contributed by atoms with Crippen LogP contribution in [-0.4, -0.2) is 35.8 Å². The van der Waals surface area contributed by atoms with Crippen molar-refractivity contribution in [2.75, 3.05) is 13.3 Å². The van der Waals surface area contributed by atoms with Crippen molar-refractivity contribution in [1.82, 2.24) is 4.90 Å². The van der Waals surface area contributed by atoms with Crippen molar-refractivity contribution in [3.63, 3.8) is 0 Å². The Morgan fingerprint density at radius 1 is 1.30 bits per heavy atom. The number of alkyl halides is 3. The van der Waals surface area contributed by atoms with Gasteiger partial charge in [0.1, 0.15) is 0 Å². The maximum Gasteiger partial charge on any atom is 0.415 e. The van der Waals surface area contributed by atoms with E-state index in [1.807, 2.05) is 18.4 Å². The van der Waals surface area contributed by atoms with Gasteiger partial charge in [-0.05, 0) is 30.9 Å². The summed E-state index contributed by atoms with van der Waals surface area (Å²) in [4.78, 5) is 13.8. The fraction of sp³-hybridized carbons (Fsp3) is 0.462. The largest absolute Gasteiger partial charge is 0.415 e. The number of carbonyl (C=O) groups is 1. The Balaban J connectivity index is 2.80. The van der Waals surface area contributed by atoms with Crippen LogP contribution in [-0.2, 0) is 11.3 Å². The quantitative estimate of drug-likeness (QED) is 0.870. The first-order valence-electron chi connectivity index (χ1n) is 5.83. The van der Waals surface area contributed by atoms with Gasteiger partial charge in [0.25, 0.3) is 5.91 Å². The molecule has 0 aliphatic rings. The summed E-state index contributed by atoms with van der Waals surface area (Å²) < 4.78 is 38.1. The summed E-state index contributed by atoms with van der Waals surface area (Å²) >= 11 is 1.56. The summed E-state index contributed by atoms with van der Waals surface area (Å²) in [5, 5.41) is 0. The van der Waals surface area contributed by atoms with E-state index >= 15 is 0 Å². The first-order chi connectivity index (χ1) is 9.09. The van der Waals surface area contributed by atoms with Crippen LogP contribution in [0, 0.1) is 0 Å². The highest BCUT2D eigenvalue weighted by molar-refractivity contribution is 7.98. The lowest BCUT2D eigenvalue weighted by Gasteiger charge is -2.30. The third-order valence-electron chi connectivity index (χ3n) is 2.96. The Morgan fingerprint density at radius 2 is 1.80 bits per heavy atom. The van der Waals surface area contributed by atoms with Crippen LogP contribution in [0.5, 0.6) is 0 Å². The fourth-order valence-electron chi connectivity index (χ4n) is 1.59. The SMILES string of the molecule is CSc1ccc(CN(C)C(=O)C(C)(N)C(F)(F)F)cc1. The lowest BCUT2D eigenvalue weighted by atomic mass is 10.0. The highest BCUT2D eigenvalue weighted by Gasteiger charge is 2.54. The fourth-order valence-corrected chi connectivity index (χ4v) is 2.00. The first kappa shape index (κ1) is 16.8. The van der Waals surface area contributed by atoms with Crippen LogP contribution < -0.4 is 5.73 Å². The van der Waals surface area contributed by atoms with Gasteiger partial charge in [-0.3, -0.25) is 4.79 Å².